The van der Waals surface area contributed by atoms with Crippen molar-refractivity contribution in [3.63, 3.8) is 0 Å². The van der Waals surface area contributed by atoms with Crippen molar-refractivity contribution in [1.29, 1.82) is 0 Å². The summed E-state index contributed by atoms with van der Waals surface area (Å²) in [6, 6.07) is 3.46. The molecule has 0 radical (unpaired) electrons. The molecule has 0 spiro atoms. The summed E-state index contributed by atoms with van der Waals surface area (Å²) in [5.41, 5.74) is 0.452. The molecule has 0 bridgehead atoms. The predicted octanol–water partition coefficient (Wildman–Crippen LogP) is 1.75. The molecule has 88 valence electrons. The number of carbonyl (C=O) groups is 1. The van der Waals surface area contributed by atoms with E-state index in [9.17, 15) is 4.79 Å². The van der Waals surface area contributed by atoms with E-state index in [-0.39, 0.29) is 5.97 Å². The van der Waals surface area contributed by atoms with E-state index < -0.39 is 0 Å². The van der Waals surface area contributed by atoms with Crippen molar-refractivity contribution >= 4 is 5.97 Å². The molecule has 2 aromatic rings. The van der Waals surface area contributed by atoms with Crippen LogP contribution in [0.5, 0.6) is 0 Å². The van der Waals surface area contributed by atoms with Crippen LogP contribution in [0.25, 0.3) is 5.82 Å². The summed E-state index contributed by atoms with van der Waals surface area (Å²) in [4.78, 5) is 19.7. The highest BCUT2D eigenvalue weighted by Crippen LogP contribution is 2.08. The summed E-state index contributed by atoms with van der Waals surface area (Å²) >= 11 is 0. The number of ether oxygens (including phenoxy) is 1. The molecule has 2 heterocycles. The molecule has 0 amide bonds. The van der Waals surface area contributed by atoms with Gasteiger partial charge in [-0.25, -0.2) is 14.8 Å². The molecule has 17 heavy (non-hydrogen) atoms. The zero-order valence-corrected chi connectivity index (χ0v) is 9.75. The Balaban J connectivity index is 2.25. The van der Waals surface area contributed by atoms with Gasteiger partial charge >= 0.3 is 5.97 Å². The monoisotopic (exact) mass is 231 g/mol. The van der Waals surface area contributed by atoms with Crippen molar-refractivity contribution in [1.82, 2.24) is 14.5 Å². The number of rotatable bonds is 3. The van der Waals surface area contributed by atoms with Gasteiger partial charge in [0, 0.05) is 18.6 Å². The minimum absolute atomic E-state index is 0.353. The van der Waals surface area contributed by atoms with Gasteiger partial charge < -0.3 is 4.74 Å². The minimum Gasteiger partial charge on any atom is -0.462 e. The fraction of sp³-hybridized carbons (Fsp3) is 0.250. The fourth-order valence-corrected chi connectivity index (χ4v) is 1.48. The van der Waals surface area contributed by atoms with Gasteiger partial charge in [0.2, 0.25) is 0 Å². The summed E-state index contributed by atoms with van der Waals surface area (Å²) in [7, 11) is 0. The van der Waals surface area contributed by atoms with E-state index in [0.717, 1.165) is 11.6 Å². The predicted molar refractivity (Wildman–Crippen MR) is 62.1 cm³/mol. The van der Waals surface area contributed by atoms with E-state index in [0.29, 0.717) is 12.2 Å². The zero-order chi connectivity index (χ0) is 12.3. The van der Waals surface area contributed by atoms with E-state index in [1.165, 1.54) is 6.20 Å². The van der Waals surface area contributed by atoms with Crippen LogP contribution in [0.2, 0.25) is 0 Å². The van der Waals surface area contributed by atoms with Crippen molar-refractivity contribution in [2.75, 3.05) is 6.61 Å². The van der Waals surface area contributed by atoms with Crippen molar-refractivity contribution in [3.8, 4) is 5.82 Å². The van der Waals surface area contributed by atoms with E-state index in [2.05, 4.69) is 9.97 Å². The lowest BCUT2D eigenvalue weighted by Crippen LogP contribution is -2.06. The first-order valence-corrected chi connectivity index (χ1v) is 5.36. The lowest BCUT2D eigenvalue weighted by atomic mass is 10.3. The Morgan fingerprint density at radius 3 is 2.76 bits per heavy atom. The molecule has 0 unspecified atom stereocenters. The minimum atomic E-state index is -0.353. The Kier molecular flexibility index (Phi) is 3.18. The first-order valence-electron chi connectivity index (χ1n) is 5.36. The Morgan fingerprint density at radius 1 is 1.41 bits per heavy atom. The van der Waals surface area contributed by atoms with Crippen LogP contribution < -0.4 is 0 Å². The van der Waals surface area contributed by atoms with Gasteiger partial charge in [0.1, 0.15) is 11.6 Å². The van der Waals surface area contributed by atoms with Crippen molar-refractivity contribution in [3.05, 3.63) is 42.1 Å². The standard InChI is InChI=1S/C12H13N3O2/c1-3-17-12(16)10-4-5-11(14-8-10)15-7-6-13-9(15)2/h4-8H,3H2,1-2H3. The smallest absolute Gasteiger partial charge is 0.339 e. The van der Waals surface area contributed by atoms with Crippen LogP contribution in [0, 0.1) is 6.92 Å². The second-order valence-electron chi connectivity index (χ2n) is 3.47. The van der Waals surface area contributed by atoms with Crippen LogP contribution in [0.15, 0.2) is 30.7 Å². The quantitative estimate of drug-likeness (QED) is 0.755. The molecule has 5 heteroatoms. The Hall–Kier alpha value is -2.17. The second kappa shape index (κ2) is 4.78. The number of aromatic nitrogens is 3. The molecule has 2 aromatic heterocycles. The van der Waals surface area contributed by atoms with Crippen LogP contribution in [0.1, 0.15) is 23.1 Å². The molecule has 0 aliphatic rings. The number of hydrogen-bond donors (Lipinski definition) is 0. The summed E-state index contributed by atoms with van der Waals surface area (Å²) in [5.74, 6) is 1.23. The maximum atomic E-state index is 11.4. The van der Waals surface area contributed by atoms with E-state index in [1.807, 2.05) is 17.7 Å². The molecule has 0 atom stereocenters. The maximum absolute atomic E-state index is 11.4. The Labute approximate surface area is 99.1 Å². The number of pyridine rings is 1. The highest BCUT2D eigenvalue weighted by molar-refractivity contribution is 5.89. The lowest BCUT2D eigenvalue weighted by Gasteiger charge is -2.05. The van der Waals surface area contributed by atoms with Crippen LogP contribution in [-0.4, -0.2) is 27.1 Å². The van der Waals surface area contributed by atoms with Crippen molar-refractivity contribution in [2.45, 2.75) is 13.8 Å². The largest absolute Gasteiger partial charge is 0.462 e. The van der Waals surface area contributed by atoms with Crippen molar-refractivity contribution < 1.29 is 9.53 Å². The number of imidazole rings is 1. The Morgan fingerprint density at radius 2 is 2.24 bits per heavy atom. The van der Waals surface area contributed by atoms with Crippen LogP contribution in [0.3, 0.4) is 0 Å². The van der Waals surface area contributed by atoms with Gasteiger partial charge in [-0.3, -0.25) is 4.57 Å². The SMILES string of the molecule is CCOC(=O)c1ccc(-n2ccnc2C)nc1. The van der Waals surface area contributed by atoms with Crippen LogP contribution >= 0.6 is 0 Å². The highest BCUT2D eigenvalue weighted by Gasteiger charge is 2.07. The average molecular weight is 231 g/mol. The molecule has 0 saturated heterocycles. The molecule has 5 nitrogen and oxygen atoms in total. The first-order chi connectivity index (χ1) is 8.22. The molecule has 0 saturated carbocycles. The van der Waals surface area contributed by atoms with E-state index in [1.54, 1.807) is 25.3 Å². The number of esters is 1. The summed E-state index contributed by atoms with van der Waals surface area (Å²) in [5, 5.41) is 0. The number of carbonyl (C=O) groups excluding carboxylic acids is 1. The zero-order valence-electron chi connectivity index (χ0n) is 9.75. The number of aryl methyl sites for hydroxylation is 1. The molecule has 2 rings (SSSR count). The van der Waals surface area contributed by atoms with Gasteiger partial charge in [-0.05, 0) is 26.0 Å². The third-order valence-corrected chi connectivity index (χ3v) is 2.33. The molecular formula is C12H13N3O2. The van der Waals surface area contributed by atoms with Gasteiger partial charge in [0.25, 0.3) is 0 Å². The van der Waals surface area contributed by atoms with E-state index >= 15 is 0 Å². The summed E-state index contributed by atoms with van der Waals surface area (Å²) in [6.45, 7) is 4.02. The normalized spacial score (nSPS) is 10.2. The van der Waals surface area contributed by atoms with Gasteiger partial charge in [-0.15, -0.1) is 0 Å². The van der Waals surface area contributed by atoms with Gasteiger partial charge in [0.05, 0.1) is 12.2 Å². The molecule has 0 fully saturated rings. The molecule has 0 aromatic carbocycles. The lowest BCUT2D eigenvalue weighted by molar-refractivity contribution is 0.0526. The van der Waals surface area contributed by atoms with Gasteiger partial charge in [-0.1, -0.05) is 0 Å². The average Bonchev–Trinajstić information content (AvgIpc) is 2.76. The van der Waals surface area contributed by atoms with Crippen LogP contribution in [-0.2, 0) is 4.74 Å². The van der Waals surface area contributed by atoms with Crippen LogP contribution in [0.4, 0.5) is 0 Å². The topological polar surface area (TPSA) is 57.0 Å². The van der Waals surface area contributed by atoms with Crippen molar-refractivity contribution in [2.24, 2.45) is 0 Å². The maximum Gasteiger partial charge on any atom is 0.339 e. The highest BCUT2D eigenvalue weighted by atomic mass is 16.5. The van der Waals surface area contributed by atoms with Gasteiger partial charge in [0.15, 0.2) is 0 Å². The molecule has 0 aliphatic heterocycles. The third kappa shape index (κ3) is 2.33. The molecule has 0 N–H and O–H groups in total. The Bertz CT molecular complexity index is 517. The number of hydrogen-bond acceptors (Lipinski definition) is 4. The van der Waals surface area contributed by atoms with E-state index in [4.69, 9.17) is 4.74 Å². The first kappa shape index (κ1) is 11.3. The summed E-state index contributed by atoms with van der Waals surface area (Å²) in [6.07, 6.45) is 5.03. The molecule has 0 aliphatic carbocycles. The summed E-state index contributed by atoms with van der Waals surface area (Å²) < 4.78 is 6.73. The molecular weight excluding hydrogens is 218 g/mol. The fourth-order valence-electron chi connectivity index (χ4n) is 1.48. The second-order valence-corrected chi connectivity index (χ2v) is 3.47. The number of nitrogens with zero attached hydrogens (tertiary/aromatic N) is 3. The third-order valence-electron chi connectivity index (χ3n) is 2.33. The van der Waals surface area contributed by atoms with Gasteiger partial charge in [-0.2, -0.15) is 0 Å².